The van der Waals surface area contributed by atoms with Crippen LogP contribution >= 0.6 is 0 Å². The normalized spacial score (nSPS) is 11.3. The van der Waals surface area contributed by atoms with Gasteiger partial charge in [-0.1, -0.05) is 90.0 Å². The zero-order valence-corrected chi connectivity index (χ0v) is 17.7. The maximum Gasteiger partial charge on any atom is 0.201 e. The molecular formula is C25H36O3. The van der Waals surface area contributed by atoms with Crippen LogP contribution in [0.2, 0.25) is 0 Å². The summed E-state index contributed by atoms with van der Waals surface area (Å²) < 4.78 is 0. The zero-order valence-electron chi connectivity index (χ0n) is 17.7. The van der Waals surface area contributed by atoms with Crippen LogP contribution in [0.5, 0.6) is 17.2 Å². The minimum Gasteiger partial charge on any atom is -0.504 e. The molecule has 0 radical (unpaired) electrons. The molecule has 0 atom stereocenters. The highest BCUT2D eigenvalue weighted by atomic mass is 16.3. The number of phenolic OH excluding ortho intramolecular Hbond substituents is 3. The maximum atomic E-state index is 10.3. The van der Waals surface area contributed by atoms with Crippen molar-refractivity contribution in [2.75, 3.05) is 0 Å². The minimum atomic E-state index is -0.441. The molecule has 0 heterocycles. The van der Waals surface area contributed by atoms with E-state index in [0.29, 0.717) is 11.1 Å². The highest BCUT2D eigenvalue weighted by molar-refractivity contribution is 5.77. The fourth-order valence-electron chi connectivity index (χ4n) is 3.64. The van der Waals surface area contributed by atoms with Crippen molar-refractivity contribution < 1.29 is 15.3 Å². The van der Waals surface area contributed by atoms with Crippen LogP contribution in [0.25, 0.3) is 11.1 Å². The standard InChI is InChI=1S/C25H36O3/c1-4-5-6-7-8-9-10-11-12-19-13-15-20(16-14-19)22-17-21(18(2)3)23(26)25(28)24(22)27/h13-18,26-28H,4-12H2,1-3H3. The van der Waals surface area contributed by atoms with Crippen molar-refractivity contribution in [2.24, 2.45) is 0 Å². The molecule has 2 aromatic rings. The molecule has 0 spiro atoms. The molecule has 0 aliphatic carbocycles. The van der Waals surface area contributed by atoms with Gasteiger partial charge in [-0.2, -0.15) is 0 Å². The van der Waals surface area contributed by atoms with Gasteiger partial charge in [-0.05, 0) is 36.0 Å². The lowest BCUT2D eigenvalue weighted by atomic mass is 9.94. The molecule has 0 fully saturated rings. The molecule has 0 aromatic heterocycles. The summed E-state index contributed by atoms with van der Waals surface area (Å²) in [4.78, 5) is 0. The highest BCUT2D eigenvalue weighted by Crippen LogP contribution is 2.46. The quantitative estimate of drug-likeness (QED) is 0.282. The molecule has 0 bridgehead atoms. The fraction of sp³-hybridized carbons (Fsp3) is 0.520. The SMILES string of the molecule is CCCCCCCCCCc1ccc(-c2cc(C(C)C)c(O)c(O)c2O)cc1. The van der Waals surface area contributed by atoms with E-state index in [4.69, 9.17) is 0 Å². The summed E-state index contributed by atoms with van der Waals surface area (Å²) in [6, 6.07) is 9.91. The van der Waals surface area contributed by atoms with Gasteiger partial charge in [-0.15, -0.1) is 0 Å². The molecule has 3 N–H and O–H groups in total. The molecule has 0 aliphatic heterocycles. The van der Waals surface area contributed by atoms with Gasteiger partial charge in [0.25, 0.3) is 0 Å². The third kappa shape index (κ3) is 5.92. The molecule has 2 aromatic carbocycles. The minimum absolute atomic E-state index is 0.0477. The summed E-state index contributed by atoms with van der Waals surface area (Å²) in [6.45, 7) is 6.14. The average Bonchev–Trinajstić information content (AvgIpc) is 2.69. The lowest BCUT2D eigenvalue weighted by Gasteiger charge is -2.15. The number of unbranched alkanes of at least 4 members (excludes halogenated alkanes) is 7. The Bertz CT molecular complexity index is 732. The first-order valence-corrected chi connectivity index (χ1v) is 10.8. The van der Waals surface area contributed by atoms with Crippen molar-refractivity contribution in [2.45, 2.75) is 84.5 Å². The van der Waals surface area contributed by atoms with Crippen molar-refractivity contribution >= 4 is 0 Å². The van der Waals surface area contributed by atoms with Gasteiger partial charge < -0.3 is 15.3 Å². The molecule has 154 valence electrons. The summed E-state index contributed by atoms with van der Waals surface area (Å²) in [6.07, 6.45) is 11.6. The summed E-state index contributed by atoms with van der Waals surface area (Å²) in [7, 11) is 0. The van der Waals surface area contributed by atoms with Crippen LogP contribution in [0.1, 0.15) is 89.2 Å². The molecule has 0 aliphatic rings. The third-order valence-electron chi connectivity index (χ3n) is 5.48. The van der Waals surface area contributed by atoms with Gasteiger partial charge in [0.2, 0.25) is 5.75 Å². The predicted molar refractivity (Wildman–Crippen MR) is 117 cm³/mol. The molecule has 28 heavy (non-hydrogen) atoms. The molecule has 2 rings (SSSR count). The van der Waals surface area contributed by atoms with E-state index >= 15 is 0 Å². The maximum absolute atomic E-state index is 10.3. The first kappa shape index (κ1) is 22.1. The molecule has 0 unspecified atom stereocenters. The smallest absolute Gasteiger partial charge is 0.201 e. The average molecular weight is 385 g/mol. The van der Waals surface area contributed by atoms with E-state index in [1.807, 2.05) is 26.0 Å². The van der Waals surface area contributed by atoms with Crippen LogP contribution in [-0.2, 0) is 6.42 Å². The van der Waals surface area contributed by atoms with Crippen molar-refractivity contribution in [1.29, 1.82) is 0 Å². The Kier molecular flexibility index (Phi) is 8.69. The van der Waals surface area contributed by atoms with Crippen LogP contribution in [0.3, 0.4) is 0 Å². The summed E-state index contributed by atoms with van der Waals surface area (Å²) in [5, 5.41) is 30.4. The second kappa shape index (κ2) is 11.0. The van der Waals surface area contributed by atoms with Crippen molar-refractivity contribution in [3.05, 3.63) is 41.5 Å². The molecule has 3 heteroatoms. The number of aryl methyl sites for hydroxylation is 1. The van der Waals surface area contributed by atoms with Crippen LogP contribution in [0.15, 0.2) is 30.3 Å². The van der Waals surface area contributed by atoms with E-state index in [-0.39, 0.29) is 17.4 Å². The zero-order chi connectivity index (χ0) is 20.5. The van der Waals surface area contributed by atoms with Gasteiger partial charge in [0, 0.05) is 11.1 Å². The Morgan fingerprint density at radius 1 is 0.714 bits per heavy atom. The Morgan fingerprint density at radius 2 is 1.29 bits per heavy atom. The Hall–Kier alpha value is -2.16. The molecule has 3 nitrogen and oxygen atoms in total. The van der Waals surface area contributed by atoms with Gasteiger partial charge in [-0.25, -0.2) is 0 Å². The van der Waals surface area contributed by atoms with E-state index in [1.165, 1.54) is 56.9 Å². The number of benzene rings is 2. The highest BCUT2D eigenvalue weighted by Gasteiger charge is 2.19. The number of phenols is 3. The van der Waals surface area contributed by atoms with Gasteiger partial charge in [0.05, 0.1) is 0 Å². The Balaban J connectivity index is 1.94. The second-order valence-corrected chi connectivity index (χ2v) is 8.14. The third-order valence-corrected chi connectivity index (χ3v) is 5.48. The van der Waals surface area contributed by atoms with Crippen molar-refractivity contribution in [3.63, 3.8) is 0 Å². The topological polar surface area (TPSA) is 60.7 Å². The van der Waals surface area contributed by atoms with E-state index in [9.17, 15) is 15.3 Å². The summed E-state index contributed by atoms with van der Waals surface area (Å²) >= 11 is 0. The summed E-state index contributed by atoms with van der Waals surface area (Å²) in [5.74, 6) is -0.893. The fourth-order valence-corrected chi connectivity index (χ4v) is 3.64. The Labute approximate surface area is 170 Å². The van der Waals surface area contributed by atoms with Gasteiger partial charge in [-0.3, -0.25) is 0 Å². The second-order valence-electron chi connectivity index (χ2n) is 8.14. The van der Waals surface area contributed by atoms with Gasteiger partial charge >= 0.3 is 0 Å². The number of rotatable bonds is 11. The lowest BCUT2D eigenvalue weighted by Crippen LogP contribution is -1.92. The molecule has 0 saturated heterocycles. The summed E-state index contributed by atoms with van der Waals surface area (Å²) in [5.41, 5.74) is 3.32. The molecular weight excluding hydrogens is 348 g/mol. The number of aromatic hydroxyl groups is 3. The van der Waals surface area contributed by atoms with E-state index in [0.717, 1.165) is 12.0 Å². The van der Waals surface area contributed by atoms with E-state index < -0.39 is 5.75 Å². The van der Waals surface area contributed by atoms with E-state index in [1.54, 1.807) is 6.07 Å². The van der Waals surface area contributed by atoms with Crippen LogP contribution in [0.4, 0.5) is 0 Å². The van der Waals surface area contributed by atoms with Gasteiger partial charge in [0.15, 0.2) is 11.5 Å². The monoisotopic (exact) mass is 384 g/mol. The molecule has 0 amide bonds. The largest absolute Gasteiger partial charge is 0.504 e. The predicted octanol–water partition coefficient (Wildman–Crippen LogP) is 7.28. The molecule has 0 saturated carbocycles. The number of hydrogen-bond acceptors (Lipinski definition) is 3. The van der Waals surface area contributed by atoms with Crippen molar-refractivity contribution in [3.8, 4) is 28.4 Å². The van der Waals surface area contributed by atoms with Crippen LogP contribution in [-0.4, -0.2) is 15.3 Å². The van der Waals surface area contributed by atoms with Crippen molar-refractivity contribution in [1.82, 2.24) is 0 Å². The van der Waals surface area contributed by atoms with Gasteiger partial charge in [0.1, 0.15) is 0 Å². The number of hydrogen-bond donors (Lipinski definition) is 3. The first-order valence-electron chi connectivity index (χ1n) is 10.8. The van der Waals surface area contributed by atoms with Crippen LogP contribution < -0.4 is 0 Å². The van der Waals surface area contributed by atoms with Crippen LogP contribution in [0, 0.1) is 0 Å². The first-order chi connectivity index (χ1) is 13.5. The Morgan fingerprint density at radius 3 is 1.86 bits per heavy atom. The van der Waals surface area contributed by atoms with E-state index in [2.05, 4.69) is 19.1 Å². The lowest BCUT2D eigenvalue weighted by molar-refractivity contribution is 0.365.